The number of aryl methyl sites for hydroxylation is 4. The number of hydrogen-bond acceptors (Lipinski definition) is 3. The second-order valence-corrected chi connectivity index (χ2v) is 10.6. The fraction of sp³-hybridized carbons (Fsp3) is 0.394. The van der Waals surface area contributed by atoms with Gasteiger partial charge in [-0.15, -0.1) is 0 Å². The van der Waals surface area contributed by atoms with E-state index in [9.17, 15) is 4.79 Å². The molecule has 1 amide bonds. The van der Waals surface area contributed by atoms with Gasteiger partial charge in [-0.2, -0.15) is 0 Å². The van der Waals surface area contributed by atoms with E-state index < -0.39 is 0 Å². The van der Waals surface area contributed by atoms with Gasteiger partial charge in [-0.3, -0.25) is 4.79 Å². The molecule has 2 heterocycles. The summed E-state index contributed by atoms with van der Waals surface area (Å²) in [5.41, 5.74) is 6.85. The molecule has 0 saturated carbocycles. The van der Waals surface area contributed by atoms with Crippen LogP contribution in [-0.4, -0.2) is 28.6 Å². The Morgan fingerprint density at radius 2 is 1.79 bits per heavy atom. The fourth-order valence-corrected chi connectivity index (χ4v) is 5.41. The molecule has 5 heteroatoms. The topological polar surface area (TPSA) is 47.4 Å². The van der Waals surface area contributed by atoms with Gasteiger partial charge in [0.2, 0.25) is 5.91 Å². The van der Waals surface area contributed by atoms with E-state index in [0.29, 0.717) is 19.6 Å². The lowest BCUT2D eigenvalue weighted by molar-refractivity contribution is -0.117. The Bertz CT molecular complexity index is 1390. The van der Waals surface area contributed by atoms with E-state index in [1.54, 1.807) is 0 Å². The summed E-state index contributed by atoms with van der Waals surface area (Å²) in [7, 11) is 0. The van der Waals surface area contributed by atoms with Gasteiger partial charge in [0, 0.05) is 31.1 Å². The largest absolute Gasteiger partial charge is 0.493 e. The van der Waals surface area contributed by atoms with E-state index in [2.05, 4.69) is 86.0 Å². The number of fused-ring (bicyclic) bond motifs is 1. The van der Waals surface area contributed by atoms with Gasteiger partial charge in [0.25, 0.3) is 0 Å². The lowest BCUT2D eigenvalue weighted by atomic mass is 10.1. The maximum atomic E-state index is 13.1. The maximum absolute atomic E-state index is 13.1. The molecule has 3 aromatic carbocycles. The number of anilines is 1. The van der Waals surface area contributed by atoms with Crippen LogP contribution in [0.15, 0.2) is 66.7 Å². The first-order chi connectivity index (χ1) is 18.5. The van der Waals surface area contributed by atoms with E-state index in [1.807, 2.05) is 11.0 Å². The highest BCUT2D eigenvalue weighted by atomic mass is 16.5. The van der Waals surface area contributed by atoms with E-state index >= 15 is 0 Å². The molecule has 1 fully saturated rings. The number of rotatable bonds is 11. The summed E-state index contributed by atoms with van der Waals surface area (Å²) < 4.78 is 8.42. The third-order valence-corrected chi connectivity index (χ3v) is 7.62. The average molecular weight is 510 g/mol. The third kappa shape index (κ3) is 5.77. The zero-order valence-corrected chi connectivity index (χ0v) is 23.0. The number of ether oxygens (including phenoxy) is 1. The van der Waals surface area contributed by atoms with Crippen molar-refractivity contribution in [1.82, 2.24) is 9.55 Å². The van der Waals surface area contributed by atoms with Gasteiger partial charge in [0.15, 0.2) is 0 Å². The zero-order valence-electron chi connectivity index (χ0n) is 23.0. The number of amides is 1. The summed E-state index contributed by atoms with van der Waals surface area (Å²) in [6, 6.07) is 23.2. The molecule has 5 nitrogen and oxygen atoms in total. The summed E-state index contributed by atoms with van der Waals surface area (Å²) in [5, 5.41) is 0. The number of unbranched alkanes of at least 4 members (excludes halogenated alkanes) is 2. The van der Waals surface area contributed by atoms with Gasteiger partial charge in [0.05, 0.1) is 17.6 Å². The van der Waals surface area contributed by atoms with Gasteiger partial charge >= 0.3 is 0 Å². The third-order valence-electron chi connectivity index (χ3n) is 7.62. The van der Waals surface area contributed by atoms with Crippen LogP contribution >= 0.6 is 0 Å². The van der Waals surface area contributed by atoms with Crippen LogP contribution in [0, 0.1) is 13.8 Å². The summed E-state index contributed by atoms with van der Waals surface area (Å²) in [4.78, 5) is 20.1. The van der Waals surface area contributed by atoms with Crippen LogP contribution in [0.25, 0.3) is 11.0 Å². The summed E-state index contributed by atoms with van der Waals surface area (Å²) in [6.07, 6.45) is 5.91. The van der Waals surface area contributed by atoms with Gasteiger partial charge in [0.1, 0.15) is 11.6 Å². The number of benzene rings is 3. The number of nitrogens with zero attached hydrogens (tertiary/aromatic N) is 3. The van der Waals surface area contributed by atoms with Crippen molar-refractivity contribution in [2.24, 2.45) is 0 Å². The molecule has 0 bridgehead atoms. The highest BCUT2D eigenvalue weighted by molar-refractivity contribution is 5.96. The van der Waals surface area contributed by atoms with Crippen molar-refractivity contribution in [3.8, 4) is 5.75 Å². The molecule has 0 N–H and O–H groups in total. The molecule has 1 aliphatic heterocycles. The van der Waals surface area contributed by atoms with Crippen LogP contribution in [0.5, 0.6) is 5.75 Å². The average Bonchev–Trinajstić information content (AvgIpc) is 3.50. The molecule has 0 radical (unpaired) electrons. The predicted octanol–water partition coefficient (Wildman–Crippen LogP) is 7.38. The van der Waals surface area contributed by atoms with Gasteiger partial charge in [-0.1, -0.05) is 49.7 Å². The Morgan fingerprint density at radius 1 is 0.974 bits per heavy atom. The van der Waals surface area contributed by atoms with E-state index in [1.165, 1.54) is 29.5 Å². The molecular weight excluding hydrogens is 470 g/mol. The number of carbonyl (C=O) groups is 1. The van der Waals surface area contributed by atoms with Crippen LogP contribution in [0.3, 0.4) is 0 Å². The lowest BCUT2D eigenvalue weighted by Crippen LogP contribution is -2.24. The molecule has 1 unspecified atom stereocenters. The number of hydrogen-bond donors (Lipinski definition) is 0. The predicted molar refractivity (Wildman–Crippen MR) is 155 cm³/mol. The second-order valence-electron chi connectivity index (χ2n) is 10.6. The van der Waals surface area contributed by atoms with Gasteiger partial charge in [-0.25, -0.2) is 4.98 Å². The fourth-order valence-electron chi connectivity index (χ4n) is 5.41. The highest BCUT2D eigenvalue weighted by Gasteiger charge is 2.34. The zero-order chi connectivity index (χ0) is 26.5. The number of aromatic nitrogens is 2. The molecule has 1 atom stereocenters. The van der Waals surface area contributed by atoms with Crippen molar-refractivity contribution in [3.05, 3.63) is 89.2 Å². The Hall–Kier alpha value is -3.60. The number of carbonyl (C=O) groups excluding carboxylic acids is 1. The Morgan fingerprint density at radius 3 is 2.61 bits per heavy atom. The van der Waals surface area contributed by atoms with Crippen LogP contribution in [0.2, 0.25) is 0 Å². The van der Waals surface area contributed by atoms with Crippen molar-refractivity contribution in [1.29, 1.82) is 0 Å². The first-order valence-electron chi connectivity index (χ1n) is 14.1. The lowest BCUT2D eigenvalue weighted by Gasteiger charge is -2.18. The molecule has 1 saturated heterocycles. The minimum atomic E-state index is 0.0841. The molecule has 1 aliphatic rings. The van der Waals surface area contributed by atoms with Gasteiger partial charge in [-0.05, 0) is 86.6 Å². The van der Waals surface area contributed by atoms with Crippen molar-refractivity contribution in [3.63, 3.8) is 0 Å². The summed E-state index contributed by atoms with van der Waals surface area (Å²) >= 11 is 0. The smallest absolute Gasteiger partial charge is 0.227 e. The number of para-hydroxylation sites is 2. The van der Waals surface area contributed by atoms with E-state index in [0.717, 1.165) is 54.1 Å². The first-order valence-corrected chi connectivity index (χ1v) is 14.1. The van der Waals surface area contributed by atoms with Crippen molar-refractivity contribution in [2.45, 2.75) is 71.8 Å². The minimum absolute atomic E-state index is 0.0841. The maximum Gasteiger partial charge on any atom is 0.227 e. The van der Waals surface area contributed by atoms with Crippen LogP contribution in [-0.2, 0) is 17.8 Å². The molecular formula is C33H39N3O2. The van der Waals surface area contributed by atoms with Crippen molar-refractivity contribution in [2.75, 3.05) is 18.1 Å². The molecule has 198 valence electrons. The monoisotopic (exact) mass is 509 g/mol. The molecule has 5 rings (SSSR count). The molecule has 1 aromatic heterocycles. The van der Waals surface area contributed by atoms with Crippen molar-refractivity contribution >= 4 is 22.6 Å². The second kappa shape index (κ2) is 11.8. The standard InChI is InChI=1S/C33H39N3O2/c1-4-5-10-26-15-17-28(18-16-26)36-23-27(22-32(36)37)33-34-29-11-6-7-12-30(29)35(33)19-8-9-20-38-31-21-24(2)13-14-25(31)3/h6-7,11-18,21,27H,4-5,8-10,19-20,22-23H2,1-3H3. The Balaban J connectivity index is 1.26. The summed E-state index contributed by atoms with van der Waals surface area (Å²) in [5.74, 6) is 2.26. The van der Waals surface area contributed by atoms with Crippen molar-refractivity contribution < 1.29 is 9.53 Å². The highest BCUT2D eigenvalue weighted by Crippen LogP contribution is 2.33. The molecule has 0 spiro atoms. The van der Waals surface area contributed by atoms with Crippen LogP contribution in [0.1, 0.15) is 67.5 Å². The number of imidazole rings is 1. The Kier molecular flexibility index (Phi) is 8.11. The minimum Gasteiger partial charge on any atom is -0.493 e. The van der Waals surface area contributed by atoms with Crippen LogP contribution < -0.4 is 9.64 Å². The quantitative estimate of drug-likeness (QED) is 0.198. The van der Waals surface area contributed by atoms with Gasteiger partial charge < -0.3 is 14.2 Å². The SMILES string of the molecule is CCCCc1ccc(N2CC(c3nc4ccccc4n3CCCCOc3cc(C)ccc3C)CC2=O)cc1. The molecule has 38 heavy (non-hydrogen) atoms. The normalized spacial score (nSPS) is 15.5. The van der Waals surface area contributed by atoms with Crippen LogP contribution in [0.4, 0.5) is 5.69 Å². The first kappa shape index (κ1) is 26.0. The molecule has 4 aromatic rings. The molecule has 0 aliphatic carbocycles. The Labute approximate surface area is 226 Å². The summed E-state index contributed by atoms with van der Waals surface area (Å²) in [6.45, 7) is 8.62. The van der Waals surface area contributed by atoms with E-state index in [-0.39, 0.29) is 11.8 Å². The van der Waals surface area contributed by atoms with E-state index in [4.69, 9.17) is 9.72 Å².